The molecule has 0 aliphatic rings. The second-order valence-electron chi connectivity index (χ2n) is 4.81. The maximum absolute atomic E-state index is 13.9. The highest BCUT2D eigenvalue weighted by molar-refractivity contribution is 7.92. The monoisotopic (exact) mass is 345 g/mol. The smallest absolute Gasteiger partial charge is 0.264 e. The Balaban J connectivity index is 2.59. The van der Waals surface area contributed by atoms with E-state index < -0.39 is 46.3 Å². The zero-order valence-corrected chi connectivity index (χ0v) is 12.9. The lowest BCUT2D eigenvalue weighted by Gasteiger charge is -2.25. The van der Waals surface area contributed by atoms with Gasteiger partial charge in [0, 0.05) is 6.07 Å². The van der Waals surface area contributed by atoms with Crippen molar-refractivity contribution in [3.05, 3.63) is 59.4 Å². The fourth-order valence-electron chi connectivity index (χ4n) is 2.17. The van der Waals surface area contributed by atoms with Crippen molar-refractivity contribution in [3.8, 4) is 0 Å². The van der Waals surface area contributed by atoms with Crippen LogP contribution in [0.15, 0.2) is 41.3 Å². The van der Waals surface area contributed by atoms with Crippen LogP contribution >= 0.6 is 0 Å². The number of rotatable bonds is 5. The summed E-state index contributed by atoms with van der Waals surface area (Å²) in [6, 6.07) is 5.49. The van der Waals surface area contributed by atoms with Gasteiger partial charge in [0.2, 0.25) is 0 Å². The van der Waals surface area contributed by atoms with Gasteiger partial charge in [-0.2, -0.15) is 0 Å². The number of anilines is 1. The van der Waals surface area contributed by atoms with Crippen molar-refractivity contribution >= 4 is 15.7 Å². The van der Waals surface area contributed by atoms with Crippen LogP contribution in [0.25, 0.3) is 0 Å². The minimum absolute atomic E-state index is 0.135. The number of halogens is 3. The predicted molar refractivity (Wildman–Crippen MR) is 79.1 cm³/mol. The Morgan fingerprint density at radius 2 is 1.65 bits per heavy atom. The first-order valence-electron chi connectivity index (χ1n) is 6.62. The lowest BCUT2D eigenvalue weighted by Crippen LogP contribution is -2.34. The second-order valence-corrected chi connectivity index (χ2v) is 6.64. The van der Waals surface area contributed by atoms with Crippen molar-refractivity contribution in [2.45, 2.75) is 11.8 Å². The summed E-state index contributed by atoms with van der Waals surface area (Å²) in [4.78, 5) is -0.226. The molecule has 2 aromatic rings. The molecule has 1 N–H and O–H groups in total. The standard InChI is InChI=1S/C15H14F3NO3S/c1-10-8-11(16)3-5-15(10)23(21,22)19(6-7-20)14-4-2-12(17)9-13(14)18/h2-5,8-9,20H,6-7H2,1H3. The normalized spacial score (nSPS) is 11.5. The van der Waals surface area contributed by atoms with Gasteiger partial charge < -0.3 is 5.11 Å². The summed E-state index contributed by atoms with van der Waals surface area (Å²) in [5, 5.41) is 9.10. The molecule has 0 atom stereocenters. The van der Waals surface area contributed by atoms with Gasteiger partial charge >= 0.3 is 0 Å². The van der Waals surface area contributed by atoms with Crippen molar-refractivity contribution in [1.82, 2.24) is 0 Å². The van der Waals surface area contributed by atoms with Crippen molar-refractivity contribution in [2.24, 2.45) is 0 Å². The molecule has 0 heterocycles. The van der Waals surface area contributed by atoms with Gasteiger partial charge in [0.1, 0.15) is 17.5 Å². The molecule has 23 heavy (non-hydrogen) atoms. The van der Waals surface area contributed by atoms with E-state index in [4.69, 9.17) is 5.11 Å². The van der Waals surface area contributed by atoms with Gasteiger partial charge in [-0.05, 0) is 42.8 Å². The number of aliphatic hydroxyl groups is 1. The molecule has 4 nitrogen and oxygen atoms in total. The molecule has 2 aromatic carbocycles. The van der Waals surface area contributed by atoms with Crippen molar-refractivity contribution in [3.63, 3.8) is 0 Å². The highest BCUT2D eigenvalue weighted by atomic mass is 32.2. The maximum Gasteiger partial charge on any atom is 0.264 e. The van der Waals surface area contributed by atoms with Crippen LogP contribution in [0.3, 0.4) is 0 Å². The second kappa shape index (κ2) is 6.59. The minimum atomic E-state index is -4.25. The van der Waals surface area contributed by atoms with Crippen LogP contribution in [-0.2, 0) is 10.0 Å². The van der Waals surface area contributed by atoms with E-state index in [1.54, 1.807) is 0 Å². The molecule has 0 amide bonds. The van der Waals surface area contributed by atoms with Crippen LogP contribution in [0.5, 0.6) is 0 Å². The molecule has 124 valence electrons. The number of nitrogens with zero attached hydrogens (tertiary/aromatic N) is 1. The fourth-order valence-corrected chi connectivity index (χ4v) is 3.84. The molecule has 0 unspecified atom stereocenters. The van der Waals surface area contributed by atoms with E-state index in [1.807, 2.05) is 0 Å². The summed E-state index contributed by atoms with van der Waals surface area (Å²) in [7, 11) is -4.25. The minimum Gasteiger partial charge on any atom is -0.394 e. The molecular formula is C15H14F3NO3S. The summed E-state index contributed by atoms with van der Waals surface area (Å²) in [5.74, 6) is -2.55. The van der Waals surface area contributed by atoms with Gasteiger partial charge in [-0.15, -0.1) is 0 Å². The summed E-state index contributed by atoms with van der Waals surface area (Å²) in [6.07, 6.45) is 0. The number of sulfonamides is 1. The third-order valence-electron chi connectivity index (χ3n) is 3.19. The molecular weight excluding hydrogens is 331 g/mol. The average molecular weight is 345 g/mol. The quantitative estimate of drug-likeness (QED) is 0.906. The molecule has 8 heteroatoms. The third-order valence-corrected chi connectivity index (χ3v) is 5.16. The predicted octanol–water partition coefficient (Wildman–Crippen LogP) is 2.60. The molecule has 0 aliphatic heterocycles. The van der Waals surface area contributed by atoms with Crippen LogP contribution in [-0.4, -0.2) is 26.7 Å². The van der Waals surface area contributed by atoms with Crippen LogP contribution in [0.4, 0.5) is 18.9 Å². The van der Waals surface area contributed by atoms with Crippen LogP contribution in [0.2, 0.25) is 0 Å². The fraction of sp³-hybridized carbons (Fsp3) is 0.200. The highest BCUT2D eigenvalue weighted by Gasteiger charge is 2.28. The Morgan fingerprint density at radius 3 is 2.22 bits per heavy atom. The molecule has 2 rings (SSSR count). The lowest BCUT2D eigenvalue weighted by molar-refractivity contribution is 0.306. The molecule has 0 spiro atoms. The van der Waals surface area contributed by atoms with E-state index in [0.29, 0.717) is 10.4 Å². The molecule has 0 fully saturated rings. The van der Waals surface area contributed by atoms with E-state index in [2.05, 4.69) is 0 Å². The Bertz CT molecular complexity index is 825. The first-order chi connectivity index (χ1) is 10.8. The maximum atomic E-state index is 13.9. The summed E-state index contributed by atoms with van der Waals surface area (Å²) in [6.45, 7) is 0.395. The molecule has 0 bridgehead atoms. The van der Waals surface area contributed by atoms with E-state index in [-0.39, 0.29) is 10.5 Å². The average Bonchev–Trinajstić information content (AvgIpc) is 2.45. The molecule has 0 aliphatic carbocycles. The first-order valence-corrected chi connectivity index (χ1v) is 8.06. The Hall–Kier alpha value is -2.06. The van der Waals surface area contributed by atoms with Crippen molar-refractivity contribution in [1.29, 1.82) is 0 Å². The summed E-state index contributed by atoms with van der Waals surface area (Å²) in [5.41, 5.74) is -0.264. The van der Waals surface area contributed by atoms with Crippen LogP contribution in [0.1, 0.15) is 5.56 Å². The Kier molecular flexibility index (Phi) is 4.96. The number of hydrogen-bond acceptors (Lipinski definition) is 3. The molecule has 0 radical (unpaired) electrons. The van der Waals surface area contributed by atoms with Crippen LogP contribution < -0.4 is 4.31 Å². The van der Waals surface area contributed by atoms with Gasteiger partial charge in [0.05, 0.1) is 23.7 Å². The van der Waals surface area contributed by atoms with E-state index in [1.165, 1.54) is 6.92 Å². The van der Waals surface area contributed by atoms with Gasteiger partial charge in [-0.3, -0.25) is 4.31 Å². The van der Waals surface area contributed by atoms with E-state index in [0.717, 1.165) is 30.3 Å². The van der Waals surface area contributed by atoms with Crippen LogP contribution in [0, 0.1) is 24.4 Å². The third kappa shape index (κ3) is 3.48. The topological polar surface area (TPSA) is 57.6 Å². The summed E-state index contributed by atoms with van der Waals surface area (Å²) >= 11 is 0. The number of hydrogen-bond donors (Lipinski definition) is 1. The van der Waals surface area contributed by atoms with Crippen molar-refractivity contribution in [2.75, 3.05) is 17.5 Å². The SMILES string of the molecule is Cc1cc(F)ccc1S(=O)(=O)N(CCO)c1ccc(F)cc1F. The van der Waals surface area contributed by atoms with Gasteiger partial charge in [-0.25, -0.2) is 21.6 Å². The van der Waals surface area contributed by atoms with E-state index in [9.17, 15) is 21.6 Å². The Labute approximate surface area is 131 Å². The van der Waals surface area contributed by atoms with Crippen molar-refractivity contribution < 1.29 is 26.7 Å². The molecule has 0 aromatic heterocycles. The Morgan fingerprint density at radius 1 is 1.04 bits per heavy atom. The van der Waals surface area contributed by atoms with Gasteiger partial charge in [-0.1, -0.05) is 0 Å². The molecule has 0 saturated heterocycles. The highest BCUT2D eigenvalue weighted by Crippen LogP contribution is 2.28. The molecule has 0 saturated carbocycles. The number of aryl methyl sites for hydroxylation is 1. The first kappa shape index (κ1) is 17.3. The number of benzene rings is 2. The summed E-state index contributed by atoms with van der Waals surface area (Å²) < 4.78 is 66.2. The zero-order chi connectivity index (χ0) is 17.2. The number of aliphatic hydroxyl groups excluding tert-OH is 1. The zero-order valence-electron chi connectivity index (χ0n) is 12.1. The van der Waals surface area contributed by atoms with E-state index >= 15 is 0 Å². The largest absolute Gasteiger partial charge is 0.394 e. The van der Waals surface area contributed by atoms with Gasteiger partial charge in [0.15, 0.2) is 0 Å². The lowest BCUT2D eigenvalue weighted by atomic mass is 10.2. The van der Waals surface area contributed by atoms with Gasteiger partial charge in [0.25, 0.3) is 10.0 Å².